The van der Waals surface area contributed by atoms with Crippen LogP contribution in [0.25, 0.3) is 6.08 Å². The molecule has 0 fully saturated rings. The third kappa shape index (κ3) is 3.43. The van der Waals surface area contributed by atoms with Gasteiger partial charge in [0.05, 0.1) is 0 Å². The Hall–Kier alpha value is -1.86. The number of aryl methyl sites for hydroxylation is 2. The smallest absolute Gasteiger partial charge is 0.185 e. The van der Waals surface area contributed by atoms with Gasteiger partial charge in [-0.25, -0.2) is 0 Å². The number of rotatable bonds is 3. The van der Waals surface area contributed by atoms with E-state index in [0.29, 0.717) is 10.6 Å². The number of carbonyl (C=O) groups is 1. The van der Waals surface area contributed by atoms with E-state index in [1.807, 2.05) is 6.08 Å². The molecule has 21 heavy (non-hydrogen) atoms. The topological polar surface area (TPSA) is 17.1 Å². The first-order chi connectivity index (χ1) is 9.90. The van der Waals surface area contributed by atoms with Gasteiger partial charge in [0.15, 0.2) is 5.78 Å². The second kappa shape index (κ2) is 6.28. The van der Waals surface area contributed by atoms with Gasteiger partial charge in [-0.05, 0) is 85.9 Å². The van der Waals surface area contributed by atoms with Gasteiger partial charge in [0.2, 0.25) is 0 Å². The van der Waals surface area contributed by atoms with Crippen molar-refractivity contribution >= 4 is 23.5 Å². The van der Waals surface area contributed by atoms with Gasteiger partial charge in [-0.1, -0.05) is 23.7 Å². The minimum Gasteiger partial charge on any atom is -0.289 e. The summed E-state index contributed by atoms with van der Waals surface area (Å²) in [6.45, 7) is 8.38. The van der Waals surface area contributed by atoms with Crippen molar-refractivity contribution < 1.29 is 4.79 Å². The number of carbonyl (C=O) groups excluding carboxylic acids is 1. The monoisotopic (exact) mass is 298 g/mol. The molecule has 0 aromatic heterocycles. The van der Waals surface area contributed by atoms with Crippen molar-refractivity contribution in [3.63, 3.8) is 0 Å². The molecule has 108 valence electrons. The van der Waals surface area contributed by atoms with Crippen LogP contribution in [0.2, 0.25) is 5.02 Å². The maximum atomic E-state index is 12.2. The van der Waals surface area contributed by atoms with E-state index in [4.69, 9.17) is 11.6 Å². The average molecular weight is 299 g/mol. The van der Waals surface area contributed by atoms with Crippen LogP contribution in [0.4, 0.5) is 0 Å². The fourth-order valence-electron chi connectivity index (χ4n) is 2.37. The van der Waals surface area contributed by atoms with Crippen molar-refractivity contribution in [1.82, 2.24) is 0 Å². The zero-order valence-electron chi connectivity index (χ0n) is 12.8. The van der Waals surface area contributed by atoms with Crippen molar-refractivity contribution in [2.24, 2.45) is 0 Å². The highest BCUT2D eigenvalue weighted by atomic mass is 35.5. The van der Waals surface area contributed by atoms with Crippen molar-refractivity contribution in [3.05, 3.63) is 74.8 Å². The van der Waals surface area contributed by atoms with Crippen LogP contribution in [-0.4, -0.2) is 5.78 Å². The molecule has 2 heteroatoms. The Balaban J connectivity index is 2.33. The van der Waals surface area contributed by atoms with E-state index in [1.165, 1.54) is 22.3 Å². The predicted molar refractivity (Wildman–Crippen MR) is 90.2 cm³/mol. The predicted octanol–water partition coefficient (Wildman–Crippen LogP) is 5.47. The maximum Gasteiger partial charge on any atom is 0.185 e. The summed E-state index contributed by atoms with van der Waals surface area (Å²) in [5.74, 6) is -0.00961. The van der Waals surface area contributed by atoms with Gasteiger partial charge in [0.1, 0.15) is 0 Å². The normalized spacial score (nSPS) is 11.1. The average Bonchev–Trinajstić information content (AvgIpc) is 2.45. The highest BCUT2D eigenvalue weighted by Gasteiger charge is 2.07. The lowest BCUT2D eigenvalue weighted by atomic mass is 9.93. The lowest BCUT2D eigenvalue weighted by Gasteiger charge is -2.12. The van der Waals surface area contributed by atoms with Gasteiger partial charge in [-0.3, -0.25) is 4.79 Å². The molecular formula is C19H19ClO. The standard InChI is InChI=1S/C19H19ClO/c1-12-11-13(2)15(4)18(14(12)3)9-10-19(21)16-5-7-17(20)8-6-16/h5-11H,1-4H3/b10-9+. The van der Waals surface area contributed by atoms with E-state index in [0.717, 1.165) is 5.56 Å². The van der Waals surface area contributed by atoms with Crippen LogP contribution >= 0.6 is 11.6 Å². The molecule has 2 aromatic rings. The molecule has 0 bridgehead atoms. The summed E-state index contributed by atoms with van der Waals surface area (Å²) in [5.41, 5.74) is 6.72. The SMILES string of the molecule is Cc1cc(C)c(C)c(/C=C/C(=O)c2ccc(Cl)cc2)c1C. The molecule has 0 radical (unpaired) electrons. The Bertz CT molecular complexity index is 683. The van der Waals surface area contributed by atoms with E-state index < -0.39 is 0 Å². The number of allylic oxidation sites excluding steroid dienone is 1. The molecule has 0 saturated heterocycles. The first-order valence-electron chi connectivity index (χ1n) is 6.95. The number of halogens is 1. The third-order valence-electron chi connectivity index (χ3n) is 3.95. The maximum absolute atomic E-state index is 12.2. The van der Waals surface area contributed by atoms with Crippen LogP contribution in [0.5, 0.6) is 0 Å². The summed E-state index contributed by atoms with van der Waals surface area (Å²) in [6.07, 6.45) is 3.55. The third-order valence-corrected chi connectivity index (χ3v) is 4.21. The van der Waals surface area contributed by atoms with Crippen molar-refractivity contribution in [1.29, 1.82) is 0 Å². The van der Waals surface area contributed by atoms with Crippen molar-refractivity contribution in [2.75, 3.05) is 0 Å². The molecule has 0 aliphatic rings. The molecule has 2 aromatic carbocycles. The molecule has 0 saturated carbocycles. The zero-order chi connectivity index (χ0) is 15.6. The number of hydrogen-bond acceptors (Lipinski definition) is 1. The second-order valence-corrected chi connectivity index (χ2v) is 5.81. The molecule has 0 heterocycles. The Labute approximate surface area is 131 Å². The molecule has 0 aliphatic carbocycles. The van der Waals surface area contributed by atoms with Crippen LogP contribution in [0.15, 0.2) is 36.4 Å². The van der Waals surface area contributed by atoms with E-state index in [9.17, 15) is 4.79 Å². The summed E-state index contributed by atoms with van der Waals surface area (Å²) in [7, 11) is 0. The van der Waals surface area contributed by atoms with Crippen molar-refractivity contribution in [3.8, 4) is 0 Å². The van der Waals surface area contributed by atoms with Crippen molar-refractivity contribution in [2.45, 2.75) is 27.7 Å². The minimum absolute atomic E-state index is 0.00961. The molecule has 2 rings (SSSR count). The fourth-order valence-corrected chi connectivity index (χ4v) is 2.49. The first-order valence-corrected chi connectivity index (χ1v) is 7.33. The Kier molecular flexibility index (Phi) is 4.64. The van der Waals surface area contributed by atoms with Gasteiger partial charge < -0.3 is 0 Å². The molecule has 0 atom stereocenters. The minimum atomic E-state index is -0.00961. The molecule has 0 aliphatic heterocycles. The number of ketones is 1. The van der Waals surface area contributed by atoms with E-state index >= 15 is 0 Å². The van der Waals surface area contributed by atoms with Gasteiger partial charge >= 0.3 is 0 Å². The molecular weight excluding hydrogens is 280 g/mol. The van der Waals surface area contributed by atoms with E-state index in [-0.39, 0.29) is 5.78 Å². The molecule has 0 amide bonds. The zero-order valence-corrected chi connectivity index (χ0v) is 13.6. The number of benzene rings is 2. The summed E-state index contributed by atoms with van der Waals surface area (Å²) >= 11 is 5.84. The lowest BCUT2D eigenvalue weighted by Crippen LogP contribution is -1.97. The molecule has 0 spiro atoms. The fraction of sp³-hybridized carbons (Fsp3) is 0.211. The van der Waals surface area contributed by atoms with Gasteiger partial charge in [-0.2, -0.15) is 0 Å². The highest BCUT2D eigenvalue weighted by Crippen LogP contribution is 2.23. The van der Waals surface area contributed by atoms with E-state index in [2.05, 4.69) is 33.8 Å². The van der Waals surface area contributed by atoms with Crippen LogP contribution in [0.3, 0.4) is 0 Å². The van der Waals surface area contributed by atoms with Gasteiger partial charge in [-0.15, -0.1) is 0 Å². The van der Waals surface area contributed by atoms with Crippen LogP contribution < -0.4 is 0 Å². The summed E-state index contributed by atoms with van der Waals surface area (Å²) in [4.78, 5) is 12.2. The van der Waals surface area contributed by atoms with Gasteiger partial charge in [0, 0.05) is 10.6 Å². The van der Waals surface area contributed by atoms with Gasteiger partial charge in [0.25, 0.3) is 0 Å². The Morgan fingerprint density at radius 1 is 0.952 bits per heavy atom. The van der Waals surface area contributed by atoms with E-state index in [1.54, 1.807) is 30.3 Å². The molecule has 0 N–H and O–H groups in total. The summed E-state index contributed by atoms with van der Waals surface area (Å²) in [6, 6.07) is 9.14. The summed E-state index contributed by atoms with van der Waals surface area (Å²) in [5, 5.41) is 0.636. The number of hydrogen-bond donors (Lipinski definition) is 0. The highest BCUT2D eigenvalue weighted by molar-refractivity contribution is 6.30. The van der Waals surface area contributed by atoms with Crippen LogP contribution in [0.1, 0.15) is 38.2 Å². The second-order valence-electron chi connectivity index (χ2n) is 5.38. The summed E-state index contributed by atoms with van der Waals surface area (Å²) < 4.78 is 0. The lowest BCUT2D eigenvalue weighted by molar-refractivity contribution is 0.104. The quantitative estimate of drug-likeness (QED) is 0.542. The largest absolute Gasteiger partial charge is 0.289 e. The first kappa shape index (κ1) is 15.5. The molecule has 1 nitrogen and oxygen atoms in total. The van der Waals surface area contributed by atoms with Crippen LogP contribution in [-0.2, 0) is 0 Å². The van der Waals surface area contributed by atoms with Crippen LogP contribution in [0, 0.1) is 27.7 Å². The molecule has 0 unspecified atom stereocenters. The Morgan fingerprint density at radius 3 is 2.00 bits per heavy atom. The Morgan fingerprint density at radius 2 is 1.48 bits per heavy atom.